The molecule has 0 aliphatic heterocycles. The monoisotopic (exact) mass is 441 g/mol. The molecule has 0 spiro atoms. The largest absolute Gasteiger partial charge is 0.339 e. The molecule has 3 rings (SSSR count). The molecule has 1 aromatic heterocycles. The molecular weight excluding hydrogens is 418 g/mol. The number of halogens is 1. The first-order chi connectivity index (χ1) is 13.4. The summed E-state index contributed by atoms with van der Waals surface area (Å²) >= 11 is 3.62. The van der Waals surface area contributed by atoms with Crippen LogP contribution in [0.4, 0.5) is 5.69 Å². The summed E-state index contributed by atoms with van der Waals surface area (Å²) in [4.78, 5) is 26.1. The van der Waals surface area contributed by atoms with Crippen molar-refractivity contribution in [2.45, 2.75) is 33.9 Å². The van der Waals surface area contributed by atoms with Crippen LogP contribution >= 0.6 is 15.9 Å². The second kappa shape index (κ2) is 8.61. The Morgan fingerprint density at radius 2 is 1.89 bits per heavy atom. The third kappa shape index (κ3) is 4.28. The van der Waals surface area contributed by atoms with Gasteiger partial charge in [-0.05, 0) is 53.5 Å². The van der Waals surface area contributed by atoms with Crippen LogP contribution in [-0.4, -0.2) is 27.8 Å². The minimum absolute atomic E-state index is 0.0393. The number of anilines is 1. The molecule has 146 valence electrons. The minimum Gasteiger partial charge on any atom is -0.339 e. The van der Waals surface area contributed by atoms with Gasteiger partial charge in [-0.25, -0.2) is 0 Å². The normalized spacial score (nSPS) is 10.9. The standard InChI is InChI=1S/C22H24BrN3O2/c1-4-25(16(3)27)13-17-8-7-9-18(12-17)24-21(28)14-26-15(2)22(23)19-10-5-6-11-20(19)26/h5-12H,4,13-14H2,1-3H3,(H,24,28). The molecule has 0 saturated heterocycles. The Balaban J connectivity index is 1.75. The lowest BCUT2D eigenvalue weighted by atomic mass is 10.2. The van der Waals surface area contributed by atoms with Gasteiger partial charge in [0.15, 0.2) is 0 Å². The smallest absolute Gasteiger partial charge is 0.244 e. The fraction of sp³-hybridized carbons (Fsp3) is 0.273. The molecule has 0 atom stereocenters. The van der Waals surface area contributed by atoms with Crippen LogP contribution in [0, 0.1) is 6.92 Å². The second-order valence-corrected chi connectivity index (χ2v) is 7.58. The van der Waals surface area contributed by atoms with E-state index < -0.39 is 0 Å². The zero-order chi connectivity index (χ0) is 20.3. The van der Waals surface area contributed by atoms with Crippen LogP contribution in [0.15, 0.2) is 53.0 Å². The van der Waals surface area contributed by atoms with E-state index in [9.17, 15) is 9.59 Å². The molecule has 0 unspecified atom stereocenters. The first kappa shape index (κ1) is 20.1. The summed E-state index contributed by atoms with van der Waals surface area (Å²) in [5, 5.41) is 4.07. The summed E-state index contributed by atoms with van der Waals surface area (Å²) in [6.45, 7) is 6.94. The number of para-hydroxylation sites is 1. The number of carbonyl (C=O) groups is 2. The summed E-state index contributed by atoms with van der Waals surface area (Å²) in [6, 6.07) is 15.7. The van der Waals surface area contributed by atoms with Gasteiger partial charge < -0.3 is 14.8 Å². The molecule has 1 heterocycles. The molecule has 1 N–H and O–H groups in total. The molecule has 2 aromatic carbocycles. The fourth-order valence-electron chi connectivity index (χ4n) is 3.35. The Hall–Kier alpha value is -2.60. The summed E-state index contributed by atoms with van der Waals surface area (Å²) in [6.07, 6.45) is 0. The number of hydrogen-bond donors (Lipinski definition) is 1. The molecular formula is C22H24BrN3O2. The Morgan fingerprint density at radius 3 is 2.61 bits per heavy atom. The van der Waals surface area contributed by atoms with Crippen molar-refractivity contribution in [2.24, 2.45) is 0 Å². The Morgan fingerprint density at radius 1 is 1.14 bits per heavy atom. The van der Waals surface area contributed by atoms with Crippen LogP contribution < -0.4 is 5.32 Å². The van der Waals surface area contributed by atoms with Gasteiger partial charge in [-0.15, -0.1) is 0 Å². The quantitative estimate of drug-likeness (QED) is 0.601. The molecule has 0 bridgehead atoms. The van der Waals surface area contributed by atoms with Gasteiger partial charge in [-0.3, -0.25) is 9.59 Å². The van der Waals surface area contributed by atoms with Crippen molar-refractivity contribution < 1.29 is 9.59 Å². The highest BCUT2D eigenvalue weighted by Crippen LogP contribution is 2.30. The first-order valence-electron chi connectivity index (χ1n) is 9.28. The number of benzene rings is 2. The second-order valence-electron chi connectivity index (χ2n) is 6.78. The Bertz CT molecular complexity index is 1030. The predicted octanol–water partition coefficient (Wildman–Crippen LogP) is 4.72. The molecule has 5 nitrogen and oxygen atoms in total. The molecule has 0 radical (unpaired) electrons. The number of aromatic nitrogens is 1. The van der Waals surface area contributed by atoms with Crippen LogP contribution in [0.3, 0.4) is 0 Å². The van der Waals surface area contributed by atoms with Crippen LogP contribution in [0.1, 0.15) is 25.1 Å². The van der Waals surface area contributed by atoms with E-state index >= 15 is 0 Å². The molecule has 0 aliphatic carbocycles. The molecule has 0 fully saturated rings. The van der Waals surface area contributed by atoms with Crippen LogP contribution in [0.25, 0.3) is 10.9 Å². The maximum atomic E-state index is 12.7. The van der Waals surface area contributed by atoms with Crippen molar-refractivity contribution in [3.63, 3.8) is 0 Å². The maximum Gasteiger partial charge on any atom is 0.244 e. The zero-order valence-electron chi connectivity index (χ0n) is 16.3. The predicted molar refractivity (Wildman–Crippen MR) is 116 cm³/mol. The first-order valence-corrected chi connectivity index (χ1v) is 10.1. The number of nitrogens with zero attached hydrogens (tertiary/aromatic N) is 2. The van der Waals surface area contributed by atoms with Gasteiger partial charge in [0.05, 0.1) is 0 Å². The van der Waals surface area contributed by atoms with Crippen molar-refractivity contribution >= 4 is 44.3 Å². The Labute approximate surface area is 173 Å². The third-order valence-corrected chi connectivity index (χ3v) is 5.87. The Kier molecular flexibility index (Phi) is 6.19. The average molecular weight is 442 g/mol. The molecule has 2 amide bonds. The van der Waals surface area contributed by atoms with Gasteiger partial charge >= 0.3 is 0 Å². The van der Waals surface area contributed by atoms with Crippen molar-refractivity contribution in [2.75, 3.05) is 11.9 Å². The number of amides is 2. The van der Waals surface area contributed by atoms with Gasteiger partial charge in [0, 0.05) is 46.8 Å². The summed E-state index contributed by atoms with van der Waals surface area (Å²) in [5.41, 5.74) is 3.76. The number of fused-ring (bicyclic) bond motifs is 1. The average Bonchev–Trinajstić information content (AvgIpc) is 2.91. The topological polar surface area (TPSA) is 54.3 Å². The van der Waals surface area contributed by atoms with Crippen molar-refractivity contribution in [3.8, 4) is 0 Å². The van der Waals surface area contributed by atoms with Crippen molar-refractivity contribution in [3.05, 3.63) is 64.3 Å². The van der Waals surface area contributed by atoms with Crippen LogP contribution in [-0.2, 0) is 22.7 Å². The van der Waals surface area contributed by atoms with Crippen LogP contribution in [0.5, 0.6) is 0 Å². The number of hydrogen-bond acceptors (Lipinski definition) is 2. The van der Waals surface area contributed by atoms with Crippen molar-refractivity contribution in [1.29, 1.82) is 0 Å². The van der Waals surface area contributed by atoms with E-state index in [0.29, 0.717) is 13.1 Å². The van der Waals surface area contributed by atoms with Crippen LogP contribution in [0.2, 0.25) is 0 Å². The van der Waals surface area contributed by atoms with E-state index in [-0.39, 0.29) is 18.4 Å². The SMILES string of the molecule is CCN(Cc1cccc(NC(=O)Cn2c(C)c(Br)c3ccccc32)c1)C(C)=O. The van der Waals surface area contributed by atoms with Gasteiger partial charge in [0.1, 0.15) is 6.54 Å². The lowest BCUT2D eigenvalue weighted by molar-refractivity contribution is -0.129. The highest BCUT2D eigenvalue weighted by Gasteiger charge is 2.14. The van der Waals surface area contributed by atoms with E-state index in [4.69, 9.17) is 0 Å². The highest BCUT2D eigenvalue weighted by atomic mass is 79.9. The molecule has 6 heteroatoms. The number of nitrogens with one attached hydrogen (secondary N) is 1. The fourth-order valence-corrected chi connectivity index (χ4v) is 3.90. The molecule has 3 aromatic rings. The molecule has 28 heavy (non-hydrogen) atoms. The van der Waals surface area contributed by atoms with Gasteiger partial charge in [-0.1, -0.05) is 30.3 Å². The maximum absolute atomic E-state index is 12.7. The molecule has 0 aliphatic rings. The van der Waals surface area contributed by atoms with Crippen molar-refractivity contribution in [1.82, 2.24) is 9.47 Å². The van der Waals surface area contributed by atoms with E-state index in [0.717, 1.165) is 32.3 Å². The van der Waals surface area contributed by atoms with Gasteiger partial charge in [0.25, 0.3) is 0 Å². The third-order valence-electron chi connectivity index (χ3n) is 4.87. The summed E-state index contributed by atoms with van der Waals surface area (Å²) < 4.78 is 3.02. The lowest BCUT2D eigenvalue weighted by Crippen LogP contribution is -2.27. The van der Waals surface area contributed by atoms with E-state index in [1.807, 2.05) is 66.9 Å². The summed E-state index contributed by atoms with van der Waals surface area (Å²) in [7, 11) is 0. The van der Waals surface area contributed by atoms with E-state index in [2.05, 4.69) is 21.2 Å². The van der Waals surface area contributed by atoms with Gasteiger partial charge in [0.2, 0.25) is 11.8 Å². The highest BCUT2D eigenvalue weighted by molar-refractivity contribution is 9.10. The lowest BCUT2D eigenvalue weighted by Gasteiger charge is -2.19. The van der Waals surface area contributed by atoms with E-state index in [1.165, 1.54) is 0 Å². The van der Waals surface area contributed by atoms with E-state index in [1.54, 1.807) is 11.8 Å². The number of carbonyl (C=O) groups excluding carboxylic acids is 2. The minimum atomic E-state index is -0.0904. The molecule has 0 saturated carbocycles. The number of rotatable bonds is 6. The van der Waals surface area contributed by atoms with Gasteiger partial charge in [-0.2, -0.15) is 0 Å². The summed E-state index contributed by atoms with van der Waals surface area (Å²) in [5.74, 6) is -0.0510. The zero-order valence-corrected chi connectivity index (χ0v) is 17.9.